The first-order chi connectivity index (χ1) is 9.10. The Morgan fingerprint density at radius 3 is 2.79 bits per heavy atom. The van der Waals surface area contributed by atoms with Crippen molar-refractivity contribution in [2.24, 2.45) is 5.73 Å². The van der Waals surface area contributed by atoms with Crippen molar-refractivity contribution in [2.75, 3.05) is 12.4 Å². The minimum absolute atomic E-state index is 0.173. The molecule has 0 aliphatic heterocycles. The number of hydrogen-bond donors (Lipinski definition) is 2. The predicted octanol–water partition coefficient (Wildman–Crippen LogP) is 2.78. The van der Waals surface area contributed by atoms with Crippen LogP contribution in [0.5, 0.6) is 5.75 Å². The quantitative estimate of drug-likeness (QED) is 0.866. The standard InChI is InChI=1S/C15H21N3O/c1-10(16)8-11(2)18-15-14-9-13(19-3)5-4-12(14)6-7-17-15/h4-7,9-11H,8,16H2,1-3H3,(H,17,18). The van der Waals surface area contributed by atoms with Crippen LogP contribution in [-0.4, -0.2) is 24.2 Å². The second-order valence-electron chi connectivity index (χ2n) is 5.00. The molecule has 1 aromatic heterocycles. The molecule has 2 rings (SSSR count). The first-order valence-corrected chi connectivity index (χ1v) is 6.55. The Bertz CT molecular complexity index is 554. The van der Waals surface area contributed by atoms with Gasteiger partial charge in [0.1, 0.15) is 11.6 Å². The third-order valence-corrected chi connectivity index (χ3v) is 3.08. The van der Waals surface area contributed by atoms with Crippen LogP contribution in [0.15, 0.2) is 30.5 Å². The summed E-state index contributed by atoms with van der Waals surface area (Å²) in [5.41, 5.74) is 5.82. The van der Waals surface area contributed by atoms with E-state index < -0.39 is 0 Å². The zero-order chi connectivity index (χ0) is 13.8. The minimum atomic E-state index is 0.173. The number of hydrogen-bond acceptors (Lipinski definition) is 4. The first kappa shape index (κ1) is 13.6. The number of benzene rings is 1. The Labute approximate surface area is 114 Å². The Hall–Kier alpha value is -1.81. The van der Waals surface area contributed by atoms with Gasteiger partial charge in [-0.3, -0.25) is 0 Å². The third kappa shape index (κ3) is 3.35. The largest absolute Gasteiger partial charge is 0.497 e. The van der Waals surface area contributed by atoms with Gasteiger partial charge in [0, 0.05) is 23.7 Å². The summed E-state index contributed by atoms with van der Waals surface area (Å²) >= 11 is 0. The summed E-state index contributed by atoms with van der Waals surface area (Å²) in [5.74, 6) is 1.72. The summed E-state index contributed by atoms with van der Waals surface area (Å²) in [5, 5.41) is 5.63. The molecule has 2 unspecified atom stereocenters. The molecular weight excluding hydrogens is 238 g/mol. The first-order valence-electron chi connectivity index (χ1n) is 6.55. The SMILES string of the molecule is COc1ccc2ccnc(NC(C)CC(C)N)c2c1. The van der Waals surface area contributed by atoms with Crippen LogP contribution in [0, 0.1) is 0 Å². The zero-order valence-corrected chi connectivity index (χ0v) is 11.7. The smallest absolute Gasteiger partial charge is 0.134 e. The van der Waals surface area contributed by atoms with Gasteiger partial charge in [0.15, 0.2) is 0 Å². The fourth-order valence-electron chi connectivity index (χ4n) is 2.24. The van der Waals surface area contributed by atoms with Crippen LogP contribution < -0.4 is 15.8 Å². The molecule has 2 atom stereocenters. The number of nitrogens with zero attached hydrogens (tertiary/aromatic N) is 1. The van der Waals surface area contributed by atoms with E-state index in [1.54, 1.807) is 7.11 Å². The van der Waals surface area contributed by atoms with E-state index in [1.807, 2.05) is 37.4 Å². The number of pyridine rings is 1. The molecule has 102 valence electrons. The molecule has 1 heterocycles. The molecule has 0 spiro atoms. The van der Waals surface area contributed by atoms with E-state index in [4.69, 9.17) is 10.5 Å². The maximum atomic E-state index is 5.82. The Morgan fingerprint density at radius 1 is 1.32 bits per heavy atom. The third-order valence-electron chi connectivity index (χ3n) is 3.08. The van der Waals surface area contributed by atoms with Crippen LogP contribution in [0.2, 0.25) is 0 Å². The lowest BCUT2D eigenvalue weighted by Crippen LogP contribution is -2.26. The van der Waals surface area contributed by atoms with Gasteiger partial charge in [0.25, 0.3) is 0 Å². The van der Waals surface area contributed by atoms with Gasteiger partial charge in [-0.2, -0.15) is 0 Å². The number of rotatable bonds is 5. The number of nitrogens with two attached hydrogens (primary N) is 1. The lowest BCUT2D eigenvalue weighted by Gasteiger charge is -2.18. The molecule has 4 heteroatoms. The molecule has 0 saturated carbocycles. The van der Waals surface area contributed by atoms with E-state index in [2.05, 4.69) is 17.2 Å². The van der Waals surface area contributed by atoms with Gasteiger partial charge in [-0.15, -0.1) is 0 Å². The summed E-state index contributed by atoms with van der Waals surface area (Å²) < 4.78 is 5.27. The van der Waals surface area contributed by atoms with Crippen LogP contribution in [-0.2, 0) is 0 Å². The van der Waals surface area contributed by atoms with Gasteiger partial charge in [-0.1, -0.05) is 6.07 Å². The van der Waals surface area contributed by atoms with Crippen LogP contribution in [0.25, 0.3) is 10.8 Å². The second kappa shape index (κ2) is 5.89. The van der Waals surface area contributed by atoms with Crippen LogP contribution in [0.1, 0.15) is 20.3 Å². The molecule has 0 saturated heterocycles. The zero-order valence-electron chi connectivity index (χ0n) is 11.7. The van der Waals surface area contributed by atoms with Crippen LogP contribution >= 0.6 is 0 Å². The molecular formula is C15H21N3O. The van der Waals surface area contributed by atoms with E-state index in [-0.39, 0.29) is 12.1 Å². The highest BCUT2D eigenvalue weighted by atomic mass is 16.5. The number of methoxy groups -OCH3 is 1. The second-order valence-corrected chi connectivity index (χ2v) is 5.00. The van der Waals surface area contributed by atoms with Crippen molar-refractivity contribution in [3.05, 3.63) is 30.5 Å². The van der Waals surface area contributed by atoms with Crippen molar-refractivity contribution >= 4 is 16.6 Å². The summed E-state index contributed by atoms with van der Waals surface area (Å²) in [6.45, 7) is 4.13. The van der Waals surface area contributed by atoms with E-state index in [9.17, 15) is 0 Å². The van der Waals surface area contributed by atoms with Crippen molar-refractivity contribution in [3.8, 4) is 5.75 Å². The number of nitrogens with one attached hydrogen (secondary N) is 1. The van der Waals surface area contributed by atoms with Crippen LogP contribution in [0.4, 0.5) is 5.82 Å². The molecule has 1 aromatic carbocycles. The Kier molecular flexibility index (Phi) is 4.22. The normalized spacial score (nSPS) is 14.1. The summed E-state index contributed by atoms with van der Waals surface area (Å²) in [6, 6.07) is 8.45. The van der Waals surface area contributed by atoms with E-state index in [1.165, 1.54) is 0 Å². The van der Waals surface area contributed by atoms with Gasteiger partial charge >= 0.3 is 0 Å². The molecule has 3 N–H and O–H groups in total. The van der Waals surface area contributed by atoms with Crippen molar-refractivity contribution < 1.29 is 4.74 Å². The minimum Gasteiger partial charge on any atom is -0.497 e. The Morgan fingerprint density at radius 2 is 2.11 bits per heavy atom. The highest BCUT2D eigenvalue weighted by molar-refractivity contribution is 5.92. The van der Waals surface area contributed by atoms with E-state index >= 15 is 0 Å². The number of anilines is 1. The van der Waals surface area contributed by atoms with Gasteiger partial charge in [-0.25, -0.2) is 4.98 Å². The van der Waals surface area contributed by atoms with Crippen molar-refractivity contribution in [1.29, 1.82) is 0 Å². The van der Waals surface area contributed by atoms with Crippen molar-refractivity contribution in [1.82, 2.24) is 4.98 Å². The van der Waals surface area contributed by atoms with E-state index in [0.717, 1.165) is 28.8 Å². The molecule has 0 fully saturated rings. The van der Waals surface area contributed by atoms with Crippen molar-refractivity contribution in [3.63, 3.8) is 0 Å². The summed E-state index contributed by atoms with van der Waals surface area (Å²) in [6.07, 6.45) is 2.72. The number of fused-ring (bicyclic) bond motifs is 1. The summed E-state index contributed by atoms with van der Waals surface area (Å²) in [7, 11) is 1.67. The molecule has 0 aliphatic rings. The molecule has 0 amide bonds. The number of aromatic nitrogens is 1. The lowest BCUT2D eigenvalue weighted by molar-refractivity contribution is 0.415. The van der Waals surface area contributed by atoms with Gasteiger partial charge in [0.05, 0.1) is 7.11 Å². The monoisotopic (exact) mass is 259 g/mol. The van der Waals surface area contributed by atoms with Crippen molar-refractivity contribution in [2.45, 2.75) is 32.4 Å². The highest BCUT2D eigenvalue weighted by Gasteiger charge is 2.09. The predicted molar refractivity (Wildman–Crippen MR) is 79.6 cm³/mol. The highest BCUT2D eigenvalue weighted by Crippen LogP contribution is 2.26. The van der Waals surface area contributed by atoms with Gasteiger partial charge in [-0.05, 0) is 43.9 Å². The fraction of sp³-hybridized carbons (Fsp3) is 0.400. The maximum Gasteiger partial charge on any atom is 0.134 e. The molecule has 4 nitrogen and oxygen atoms in total. The van der Waals surface area contributed by atoms with Gasteiger partial charge in [0.2, 0.25) is 0 Å². The summed E-state index contributed by atoms with van der Waals surface area (Å²) in [4.78, 5) is 4.42. The topological polar surface area (TPSA) is 60.2 Å². The molecule has 2 aromatic rings. The average Bonchev–Trinajstić information content (AvgIpc) is 2.37. The average molecular weight is 259 g/mol. The Balaban J connectivity index is 2.31. The fourth-order valence-corrected chi connectivity index (χ4v) is 2.24. The molecule has 19 heavy (non-hydrogen) atoms. The molecule has 0 aliphatic carbocycles. The lowest BCUT2D eigenvalue weighted by atomic mass is 10.1. The molecule has 0 bridgehead atoms. The van der Waals surface area contributed by atoms with E-state index in [0.29, 0.717) is 0 Å². The molecule has 0 radical (unpaired) electrons. The maximum absolute atomic E-state index is 5.82. The van der Waals surface area contributed by atoms with Gasteiger partial charge < -0.3 is 15.8 Å². The number of ether oxygens (including phenoxy) is 1. The van der Waals surface area contributed by atoms with Crippen LogP contribution in [0.3, 0.4) is 0 Å².